The van der Waals surface area contributed by atoms with Crippen LogP contribution in [0.3, 0.4) is 0 Å². The molecule has 2 aliphatic heterocycles. The van der Waals surface area contributed by atoms with Gasteiger partial charge in [-0.1, -0.05) is 39.0 Å². The topological polar surface area (TPSA) is 146 Å². The number of hydrogen-bond donors (Lipinski definition) is 3. The molecule has 0 unspecified atom stereocenters. The molecule has 0 spiro atoms. The molecule has 3 aromatic rings. The number of para-hydroxylation sites is 1. The zero-order chi connectivity index (χ0) is 34.3. The fourth-order valence-corrected chi connectivity index (χ4v) is 6.97. The van der Waals surface area contributed by atoms with Gasteiger partial charge >= 0.3 is 6.09 Å². The number of β-amino-alcohol motifs (C(OH)–C–C–N with tert-alkyl or cyclic N) is 1. The SMILES string of the molecule is COc1c(NC(=O)Oc2cc3cccc(CN4CCN(C(=O)[C@@H]5C[C@H](O)CN5C)CC4)c3n2C)cc(C(C)(C)C)cc1NS(C)(=O)=O. The molecular weight excluding hydrogens is 624 g/mol. The molecule has 2 saturated heterocycles. The number of sulfonamides is 1. The number of methoxy groups -OCH3 is 1. The van der Waals surface area contributed by atoms with Crippen molar-refractivity contribution in [3.8, 4) is 11.6 Å². The van der Waals surface area contributed by atoms with E-state index in [1.807, 2.05) is 61.4 Å². The second-order valence-corrected chi connectivity index (χ2v) is 15.3. The molecule has 1 aromatic heterocycles. The average Bonchev–Trinajstić information content (AvgIpc) is 3.49. The van der Waals surface area contributed by atoms with Crippen molar-refractivity contribution in [1.29, 1.82) is 0 Å². The van der Waals surface area contributed by atoms with Gasteiger partial charge in [-0.15, -0.1) is 0 Å². The second kappa shape index (κ2) is 13.3. The van der Waals surface area contributed by atoms with Crippen LogP contribution in [0.15, 0.2) is 36.4 Å². The Balaban J connectivity index is 1.30. The number of likely N-dealkylation sites (tertiary alicyclic amines) is 1. The van der Waals surface area contributed by atoms with Crippen LogP contribution in [-0.4, -0.2) is 110 Å². The van der Waals surface area contributed by atoms with Crippen molar-refractivity contribution in [3.05, 3.63) is 47.5 Å². The summed E-state index contributed by atoms with van der Waals surface area (Å²) in [5, 5.41) is 13.6. The van der Waals surface area contributed by atoms with Crippen LogP contribution in [0.5, 0.6) is 11.6 Å². The number of aliphatic hydroxyl groups excluding tert-OH is 1. The Hall–Kier alpha value is -3.85. The van der Waals surface area contributed by atoms with E-state index in [9.17, 15) is 23.1 Å². The van der Waals surface area contributed by atoms with Crippen LogP contribution in [0.4, 0.5) is 16.2 Å². The number of amides is 2. The van der Waals surface area contributed by atoms with E-state index in [1.165, 1.54) is 7.11 Å². The Morgan fingerprint density at radius 3 is 2.32 bits per heavy atom. The van der Waals surface area contributed by atoms with Gasteiger partial charge in [-0.3, -0.25) is 24.6 Å². The summed E-state index contributed by atoms with van der Waals surface area (Å²) in [7, 11) is 1.50. The van der Waals surface area contributed by atoms with Gasteiger partial charge in [-0.2, -0.15) is 0 Å². The molecule has 5 rings (SSSR count). The zero-order valence-electron chi connectivity index (χ0n) is 28.2. The Kier molecular flexibility index (Phi) is 9.79. The number of aromatic nitrogens is 1. The predicted octanol–water partition coefficient (Wildman–Crippen LogP) is 3.18. The van der Waals surface area contributed by atoms with Crippen molar-refractivity contribution in [2.24, 2.45) is 7.05 Å². The summed E-state index contributed by atoms with van der Waals surface area (Å²) < 4.78 is 39.8. The summed E-state index contributed by atoms with van der Waals surface area (Å²) in [6.45, 7) is 9.83. The number of likely N-dealkylation sites (N-methyl/N-ethyl adjacent to an activating group) is 1. The third-order valence-electron chi connectivity index (χ3n) is 8.87. The van der Waals surface area contributed by atoms with Gasteiger partial charge in [0.2, 0.25) is 21.8 Å². The fraction of sp³-hybridized carbons (Fsp3) is 0.515. The minimum Gasteiger partial charge on any atom is -0.492 e. The quantitative estimate of drug-likeness (QED) is 0.329. The van der Waals surface area contributed by atoms with Crippen LogP contribution in [0.1, 0.15) is 38.3 Å². The highest BCUT2D eigenvalue weighted by Gasteiger charge is 2.37. The number of carbonyl (C=O) groups is 2. The Morgan fingerprint density at radius 1 is 1.04 bits per heavy atom. The Labute approximate surface area is 276 Å². The van der Waals surface area contributed by atoms with Crippen molar-refractivity contribution < 1.29 is 32.6 Å². The number of fused-ring (bicyclic) bond motifs is 1. The van der Waals surface area contributed by atoms with Gasteiger partial charge in [0, 0.05) is 57.8 Å². The van der Waals surface area contributed by atoms with Crippen LogP contribution >= 0.6 is 0 Å². The molecule has 256 valence electrons. The molecule has 0 aliphatic carbocycles. The molecule has 0 bridgehead atoms. The summed E-state index contributed by atoms with van der Waals surface area (Å²) in [5.74, 6) is 0.581. The Morgan fingerprint density at radius 2 is 1.72 bits per heavy atom. The molecule has 2 atom stereocenters. The first-order valence-corrected chi connectivity index (χ1v) is 17.6. The molecule has 2 amide bonds. The lowest BCUT2D eigenvalue weighted by atomic mass is 9.86. The van der Waals surface area contributed by atoms with Crippen LogP contribution in [0.2, 0.25) is 0 Å². The van der Waals surface area contributed by atoms with Gasteiger partial charge in [0.25, 0.3) is 0 Å². The largest absolute Gasteiger partial charge is 0.492 e. The standard InChI is InChI=1S/C33H46N6O7S/c1-33(2,3)23-16-25(30(45-6)26(17-23)35-47(7,43)44)34-32(42)46-28-15-21-9-8-10-22(29(21)37(28)5)19-38-11-13-39(14-12-38)31(41)27-18-24(40)20-36(27)4/h8-10,15-17,24,27,35,40H,11-14,18-20H2,1-7H3,(H,34,42)/t24-,27-/m0/s1. The third-order valence-corrected chi connectivity index (χ3v) is 9.46. The number of aryl methyl sites for hydroxylation is 1. The van der Waals surface area contributed by atoms with Crippen molar-refractivity contribution in [3.63, 3.8) is 0 Å². The molecule has 2 fully saturated rings. The number of anilines is 2. The van der Waals surface area contributed by atoms with Crippen LogP contribution in [-0.2, 0) is 33.8 Å². The fourth-order valence-electron chi connectivity index (χ4n) is 6.42. The highest BCUT2D eigenvalue weighted by molar-refractivity contribution is 7.92. The monoisotopic (exact) mass is 670 g/mol. The number of piperazine rings is 1. The predicted molar refractivity (Wildman–Crippen MR) is 182 cm³/mol. The highest BCUT2D eigenvalue weighted by Crippen LogP contribution is 2.39. The van der Waals surface area contributed by atoms with Gasteiger partial charge < -0.3 is 24.0 Å². The number of carbonyl (C=O) groups excluding carboxylic acids is 2. The second-order valence-electron chi connectivity index (χ2n) is 13.6. The van der Waals surface area contributed by atoms with Gasteiger partial charge in [0.05, 0.1) is 42.4 Å². The van der Waals surface area contributed by atoms with E-state index < -0.39 is 22.2 Å². The lowest BCUT2D eigenvalue weighted by molar-refractivity contribution is -0.137. The zero-order valence-corrected chi connectivity index (χ0v) is 29.0. The van der Waals surface area contributed by atoms with Crippen molar-refractivity contribution in [2.45, 2.75) is 51.3 Å². The molecule has 3 heterocycles. The molecule has 13 nitrogen and oxygen atoms in total. The lowest BCUT2D eigenvalue weighted by Gasteiger charge is -2.37. The van der Waals surface area contributed by atoms with Gasteiger partial charge in [-0.05, 0) is 42.1 Å². The highest BCUT2D eigenvalue weighted by atomic mass is 32.2. The summed E-state index contributed by atoms with van der Waals surface area (Å²) in [5.41, 5.74) is 2.90. The van der Waals surface area contributed by atoms with E-state index in [2.05, 4.69) is 21.0 Å². The molecule has 0 radical (unpaired) electrons. The minimum absolute atomic E-state index is 0.0824. The number of aliphatic hydroxyl groups is 1. The number of ether oxygens (including phenoxy) is 2. The van der Waals surface area contributed by atoms with E-state index in [4.69, 9.17) is 9.47 Å². The van der Waals surface area contributed by atoms with Crippen molar-refractivity contribution in [2.75, 3.05) is 63.2 Å². The van der Waals surface area contributed by atoms with Crippen LogP contribution in [0, 0.1) is 0 Å². The summed E-state index contributed by atoms with van der Waals surface area (Å²) in [4.78, 5) is 32.5. The summed E-state index contributed by atoms with van der Waals surface area (Å²) in [6.07, 6.45) is 0.315. The maximum Gasteiger partial charge on any atom is 0.418 e. The number of rotatable bonds is 8. The number of nitrogens with zero attached hydrogens (tertiary/aromatic N) is 4. The van der Waals surface area contributed by atoms with Gasteiger partial charge in [0.15, 0.2) is 5.75 Å². The molecule has 47 heavy (non-hydrogen) atoms. The average molecular weight is 671 g/mol. The first-order chi connectivity index (χ1) is 22.0. The first-order valence-electron chi connectivity index (χ1n) is 15.7. The smallest absolute Gasteiger partial charge is 0.418 e. The van der Waals surface area contributed by atoms with Crippen molar-refractivity contribution >= 4 is 44.3 Å². The molecular formula is C33H46N6O7S. The van der Waals surface area contributed by atoms with E-state index in [1.54, 1.807) is 18.2 Å². The molecule has 14 heteroatoms. The first kappa shape index (κ1) is 34.5. The third kappa shape index (κ3) is 7.83. The molecule has 3 N–H and O–H groups in total. The number of hydrogen-bond acceptors (Lipinski definition) is 9. The number of benzene rings is 2. The maximum atomic E-state index is 13.3. The van der Waals surface area contributed by atoms with E-state index in [0.717, 1.165) is 41.4 Å². The molecule has 0 saturated carbocycles. The van der Waals surface area contributed by atoms with E-state index in [-0.39, 0.29) is 34.5 Å². The van der Waals surface area contributed by atoms with Gasteiger partial charge in [0.1, 0.15) is 0 Å². The van der Waals surface area contributed by atoms with Gasteiger partial charge in [-0.25, -0.2) is 13.2 Å². The number of nitrogens with one attached hydrogen (secondary N) is 2. The molecule has 2 aliphatic rings. The van der Waals surface area contributed by atoms with Crippen molar-refractivity contribution in [1.82, 2.24) is 19.3 Å². The van der Waals surface area contributed by atoms with Crippen LogP contribution < -0.4 is 19.5 Å². The summed E-state index contributed by atoms with van der Waals surface area (Å²) in [6, 6.07) is 11.0. The van der Waals surface area contributed by atoms with E-state index in [0.29, 0.717) is 38.5 Å². The summed E-state index contributed by atoms with van der Waals surface area (Å²) >= 11 is 0. The lowest BCUT2D eigenvalue weighted by Crippen LogP contribution is -2.52. The minimum atomic E-state index is -3.62. The molecule has 2 aromatic carbocycles. The maximum absolute atomic E-state index is 13.3. The van der Waals surface area contributed by atoms with E-state index >= 15 is 0 Å². The van der Waals surface area contributed by atoms with Crippen LogP contribution in [0.25, 0.3) is 10.9 Å². The normalized spacial score (nSPS) is 19.6. The Bertz CT molecular complexity index is 1760.